The fourth-order valence-electron chi connectivity index (χ4n) is 2.43. The third-order valence-corrected chi connectivity index (χ3v) is 4.03. The minimum Gasteiger partial charge on any atom is -0.481 e. The molecule has 2 heterocycles. The Hall–Kier alpha value is -2.21. The molecule has 6 heteroatoms. The number of hydrogen-bond acceptors (Lipinski definition) is 4. The van der Waals surface area contributed by atoms with Crippen LogP contribution in [0.2, 0.25) is 0 Å². The molecule has 0 aliphatic carbocycles. The Labute approximate surface area is 136 Å². The van der Waals surface area contributed by atoms with E-state index >= 15 is 0 Å². The molecular formula is C17H24N4O2. The van der Waals surface area contributed by atoms with Crippen LogP contribution in [-0.4, -0.2) is 43.8 Å². The van der Waals surface area contributed by atoms with E-state index in [1.165, 1.54) is 5.56 Å². The zero-order valence-corrected chi connectivity index (χ0v) is 13.9. The number of aromatic nitrogens is 3. The Bertz CT molecular complexity index is 654. The molecule has 23 heavy (non-hydrogen) atoms. The minimum atomic E-state index is -0.807. The topological polar surface area (TPSA) is 71.2 Å². The van der Waals surface area contributed by atoms with Crippen LogP contribution in [0.5, 0.6) is 0 Å². The predicted molar refractivity (Wildman–Crippen MR) is 88.1 cm³/mol. The van der Waals surface area contributed by atoms with E-state index in [0.29, 0.717) is 12.6 Å². The largest absolute Gasteiger partial charge is 0.481 e. The number of pyridine rings is 1. The van der Waals surface area contributed by atoms with Gasteiger partial charge in [-0.15, -0.1) is 0 Å². The lowest BCUT2D eigenvalue weighted by Gasteiger charge is -2.24. The first-order valence-electron chi connectivity index (χ1n) is 7.79. The standard InChI is InChI=1S/C17H24N4O2/c1-13-5-4-7-18-16(13)9-14(2)20(3)11-15-10-19-21(12-15)8-6-17(22)23/h4-5,7,10,12,14H,6,8-9,11H2,1-3H3,(H,22,23)/t14-/m1/s1. The molecule has 1 N–H and O–H groups in total. The summed E-state index contributed by atoms with van der Waals surface area (Å²) in [4.78, 5) is 17.3. The molecule has 6 nitrogen and oxygen atoms in total. The third-order valence-electron chi connectivity index (χ3n) is 4.03. The summed E-state index contributed by atoms with van der Waals surface area (Å²) in [7, 11) is 2.08. The molecule has 0 bridgehead atoms. The Morgan fingerprint density at radius 3 is 2.96 bits per heavy atom. The Balaban J connectivity index is 1.89. The first kappa shape index (κ1) is 17.1. The van der Waals surface area contributed by atoms with Gasteiger partial charge in [0.05, 0.1) is 19.2 Å². The van der Waals surface area contributed by atoms with Crippen LogP contribution in [0.1, 0.15) is 30.2 Å². The molecule has 0 aliphatic heterocycles. The van der Waals surface area contributed by atoms with Crippen LogP contribution in [0.15, 0.2) is 30.7 Å². The van der Waals surface area contributed by atoms with Crippen molar-refractivity contribution in [2.75, 3.05) is 7.05 Å². The maximum Gasteiger partial charge on any atom is 0.305 e. The van der Waals surface area contributed by atoms with E-state index in [-0.39, 0.29) is 6.42 Å². The highest BCUT2D eigenvalue weighted by molar-refractivity contribution is 5.66. The van der Waals surface area contributed by atoms with Crippen LogP contribution >= 0.6 is 0 Å². The highest BCUT2D eigenvalue weighted by atomic mass is 16.4. The van der Waals surface area contributed by atoms with E-state index in [2.05, 4.69) is 41.9 Å². The number of carboxylic acid groups (broad SMARTS) is 1. The van der Waals surface area contributed by atoms with Crippen molar-refractivity contribution in [3.05, 3.63) is 47.5 Å². The molecule has 124 valence electrons. The van der Waals surface area contributed by atoms with Gasteiger partial charge in [0.1, 0.15) is 0 Å². The molecule has 1 atom stereocenters. The number of nitrogens with zero attached hydrogens (tertiary/aromatic N) is 4. The maximum absolute atomic E-state index is 10.6. The van der Waals surface area contributed by atoms with Gasteiger partial charge in [-0.3, -0.25) is 19.4 Å². The van der Waals surface area contributed by atoms with E-state index in [1.807, 2.05) is 18.5 Å². The number of rotatable bonds is 8. The van der Waals surface area contributed by atoms with E-state index in [0.717, 1.165) is 24.2 Å². The van der Waals surface area contributed by atoms with Gasteiger partial charge in [0, 0.05) is 42.7 Å². The average Bonchev–Trinajstić information content (AvgIpc) is 2.95. The Kier molecular flexibility index (Phi) is 5.87. The van der Waals surface area contributed by atoms with Gasteiger partial charge in [0.15, 0.2) is 0 Å². The van der Waals surface area contributed by atoms with Crippen molar-refractivity contribution in [1.82, 2.24) is 19.7 Å². The predicted octanol–water partition coefficient (Wildman–Crippen LogP) is 2.12. The highest BCUT2D eigenvalue weighted by Crippen LogP contribution is 2.12. The van der Waals surface area contributed by atoms with Crippen LogP contribution < -0.4 is 0 Å². The second-order valence-electron chi connectivity index (χ2n) is 5.99. The van der Waals surface area contributed by atoms with Crippen molar-refractivity contribution in [2.45, 2.75) is 45.8 Å². The number of likely N-dealkylation sites (N-methyl/N-ethyl adjacent to an activating group) is 1. The van der Waals surface area contributed by atoms with Gasteiger partial charge in [0.2, 0.25) is 0 Å². The number of aliphatic carboxylic acids is 1. The van der Waals surface area contributed by atoms with Crippen LogP contribution in [-0.2, 0) is 24.3 Å². The van der Waals surface area contributed by atoms with Gasteiger partial charge in [0.25, 0.3) is 0 Å². The number of hydrogen-bond donors (Lipinski definition) is 1. The van der Waals surface area contributed by atoms with Crippen LogP contribution in [0.4, 0.5) is 0 Å². The minimum absolute atomic E-state index is 0.0896. The molecule has 0 aliphatic rings. The lowest BCUT2D eigenvalue weighted by atomic mass is 10.1. The lowest BCUT2D eigenvalue weighted by molar-refractivity contribution is -0.137. The molecule has 0 saturated heterocycles. The van der Waals surface area contributed by atoms with E-state index in [1.54, 1.807) is 10.9 Å². The summed E-state index contributed by atoms with van der Waals surface area (Å²) in [6.45, 7) is 5.45. The van der Waals surface area contributed by atoms with Crippen molar-refractivity contribution in [3.8, 4) is 0 Å². The highest BCUT2D eigenvalue weighted by Gasteiger charge is 2.13. The van der Waals surface area contributed by atoms with Crippen molar-refractivity contribution >= 4 is 5.97 Å². The quantitative estimate of drug-likeness (QED) is 0.808. The molecule has 2 rings (SSSR count). The summed E-state index contributed by atoms with van der Waals surface area (Å²) in [5, 5.41) is 12.9. The zero-order valence-electron chi connectivity index (χ0n) is 13.9. The zero-order chi connectivity index (χ0) is 16.8. The molecule has 0 unspecified atom stereocenters. The van der Waals surface area contributed by atoms with Crippen molar-refractivity contribution in [2.24, 2.45) is 0 Å². The fourth-order valence-corrected chi connectivity index (χ4v) is 2.43. The third kappa shape index (κ3) is 5.17. The monoisotopic (exact) mass is 316 g/mol. The first-order valence-corrected chi connectivity index (χ1v) is 7.79. The van der Waals surface area contributed by atoms with Gasteiger partial charge in [-0.05, 0) is 32.5 Å². The van der Waals surface area contributed by atoms with Gasteiger partial charge < -0.3 is 5.11 Å². The molecule has 2 aromatic rings. The summed E-state index contributed by atoms with van der Waals surface area (Å²) < 4.78 is 1.69. The van der Waals surface area contributed by atoms with Crippen LogP contribution in [0.25, 0.3) is 0 Å². The van der Waals surface area contributed by atoms with Gasteiger partial charge in [-0.1, -0.05) is 6.07 Å². The fraction of sp³-hybridized carbons (Fsp3) is 0.471. The van der Waals surface area contributed by atoms with Gasteiger partial charge in [-0.25, -0.2) is 0 Å². The molecule has 0 amide bonds. The number of carboxylic acids is 1. The SMILES string of the molecule is Cc1cccnc1C[C@@H](C)N(C)Cc1cnn(CCC(=O)O)c1. The van der Waals surface area contributed by atoms with E-state index in [4.69, 9.17) is 5.11 Å². The van der Waals surface area contributed by atoms with Crippen molar-refractivity contribution in [3.63, 3.8) is 0 Å². The maximum atomic E-state index is 10.6. The van der Waals surface area contributed by atoms with Crippen molar-refractivity contribution in [1.29, 1.82) is 0 Å². The first-order chi connectivity index (χ1) is 11.0. The number of carbonyl (C=O) groups is 1. The molecule has 0 spiro atoms. The summed E-state index contributed by atoms with van der Waals surface area (Å²) >= 11 is 0. The van der Waals surface area contributed by atoms with E-state index < -0.39 is 5.97 Å². The summed E-state index contributed by atoms with van der Waals surface area (Å²) in [5.41, 5.74) is 3.43. The second kappa shape index (κ2) is 7.87. The molecule has 0 fully saturated rings. The summed E-state index contributed by atoms with van der Waals surface area (Å²) in [6, 6.07) is 4.39. The van der Waals surface area contributed by atoms with Gasteiger partial charge in [-0.2, -0.15) is 5.10 Å². The second-order valence-corrected chi connectivity index (χ2v) is 5.99. The lowest BCUT2D eigenvalue weighted by Crippen LogP contribution is -2.30. The van der Waals surface area contributed by atoms with Crippen LogP contribution in [0, 0.1) is 6.92 Å². The molecule has 0 aromatic carbocycles. The molecule has 2 aromatic heterocycles. The molecule has 0 saturated carbocycles. The molecular weight excluding hydrogens is 292 g/mol. The Morgan fingerprint density at radius 2 is 2.26 bits per heavy atom. The summed E-state index contributed by atoms with van der Waals surface area (Å²) in [6.07, 6.45) is 6.54. The Morgan fingerprint density at radius 1 is 1.48 bits per heavy atom. The van der Waals surface area contributed by atoms with E-state index in [9.17, 15) is 4.79 Å². The number of aryl methyl sites for hydroxylation is 2. The molecule has 0 radical (unpaired) electrons. The van der Waals surface area contributed by atoms with Gasteiger partial charge >= 0.3 is 5.97 Å². The average molecular weight is 316 g/mol. The van der Waals surface area contributed by atoms with Crippen LogP contribution in [0.3, 0.4) is 0 Å². The summed E-state index contributed by atoms with van der Waals surface area (Å²) in [5.74, 6) is -0.807. The normalized spacial score (nSPS) is 12.5. The van der Waals surface area contributed by atoms with Crippen molar-refractivity contribution < 1.29 is 9.90 Å². The smallest absolute Gasteiger partial charge is 0.305 e.